The van der Waals surface area contributed by atoms with E-state index in [0.29, 0.717) is 5.92 Å². The Morgan fingerprint density at radius 3 is 2.16 bits per heavy atom. The molecule has 1 aliphatic rings. The molecule has 0 spiro atoms. The first-order chi connectivity index (χ1) is 8.69. The number of ether oxygens (including phenoxy) is 1. The maximum absolute atomic E-state index is 12.6. The Kier molecular flexibility index (Phi) is 4.86. The van der Waals surface area contributed by atoms with E-state index in [2.05, 4.69) is 4.74 Å². The van der Waals surface area contributed by atoms with Crippen molar-refractivity contribution in [3.63, 3.8) is 0 Å². The molecule has 5 heteroatoms. The largest absolute Gasteiger partial charge is 0.444 e. The van der Waals surface area contributed by atoms with Gasteiger partial charge in [0.2, 0.25) is 0 Å². The number of halogens is 2. The number of amides is 1. The highest BCUT2D eigenvalue weighted by Crippen LogP contribution is 2.40. The Morgan fingerprint density at radius 1 is 1.26 bits per heavy atom. The van der Waals surface area contributed by atoms with Crippen molar-refractivity contribution in [1.82, 2.24) is 0 Å². The Hall–Kier alpha value is -1.65. The summed E-state index contributed by atoms with van der Waals surface area (Å²) in [7, 11) is 0. The summed E-state index contributed by atoms with van der Waals surface area (Å²) in [5, 5.41) is 0. The van der Waals surface area contributed by atoms with Gasteiger partial charge in [-0.3, -0.25) is 0 Å². The molecule has 0 aromatic heterocycles. The van der Waals surface area contributed by atoms with E-state index in [9.17, 15) is 13.6 Å². The third-order valence-corrected chi connectivity index (χ3v) is 2.40. The lowest BCUT2D eigenvalue weighted by atomic mass is 10.1. The molecule has 0 unspecified atom stereocenters. The molecule has 0 bridgehead atoms. The number of primary amides is 1. The number of rotatable bonds is 1. The Labute approximate surface area is 111 Å². The predicted octanol–water partition coefficient (Wildman–Crippen LogP) is 3.72. The Balaban J connectivity index is 0.000000203. The van der Waals surface area contributed by atoms with Crippen molar-refractivity contribution in [3.05, 3.63) is 35.4 Å². The summed E-state index contributed by atoms with van der Waals surface area (Å²) in [5.74, 6) is -0.992. The molecule has 0 heterocycles. The molecule has 1 saturated carbocycles. The second-order valence-corrected chi connectivity index (χ2v) is 5.48. The van der Waals surface area contributed by atoms with Crippen LogP contribution in [0.2, 0.25) is 0 Å². The van der Waals surface area contributed by atoms with E-state index in [1.807, 2.05) is 0 Å². The molecule has 19 heavy (non-hydrogen) atoms. The monoisotopic (exact) mass is 271 g/mol. The van der Waals surface area contributed by atoms with E-state index in [0.717, 1.165) is 18.4 Å². The second kappa shape index (κ2) is 5.99. The lowest BCUT2D eigenvalue weighted by Gasteiger charge is -2.16. The molecular formula is C14H19F2NO2. The molecule has 2 N–H and O–H groups in total. The summed E-state index contributed by atoms with van der Waals surface area (Å²) in [5.41, 5.74) is 5.20. The summed E-state index contributed by atoms with van der Waals surface area (Å²) < 4.78 is 29.6. The maximum atomic E-state index is 12.6. The van der Waals surface area contributed by atoms with Crippen molar-refractivity contribution >= 4 is 6.09 Å². The number of hydrogen-bond donors (Lipinski definition) is 1. The first-order valence-electron chi connectivity index (χ1n) is 6.12. The van der Waals surface area contributed by atoms with E-state index in [1.165, 1.54) is 12.1 Å². The quantitative estimate of drug-likeness (QED) is 0.846. The van der Waals surface area contributed by atoms with Gasteiger partial charge in [0.25, 0.3) is 0 Å². The highest BCUT2D eigenvalue weighted by molar-refractivity contribution is 5.65. The van der Waals surface area contributed by atoms with Gasteiger partial charge in [-0.1, -0.05) is 6.07 Å². The SMILES string of the molecule is CC(C)(C)OC(N)=O.Fc1ccc(C2CC2)cc1F. The zero-order valence-corrected chi connectivity index (χ0v) is 11.4. The van der Waals surface area contributed by atoms with Gasteiger partial charge in [0.15, 0.2) is 11.6 Å². The van der Waals surface area contributed by atoms with Crippen LogP contribution in [0.25, 0.3) is 0 Å². The zero-order chi connectivity index (χ0) is 14.6. The number of carbonyl (C=O) groups excluding carboxylic acids is 1. The molecule has 0 atom stereocenters. The van der Waals surface area contributed by atoms with Crippen LogP contribution in [0.15, 0.2) is 18.2 Å². The van der Waals surface area contributed by atoms with E-state index in [4.69, 9.17) is 5.73 Å². The topological polar surface area (TPSA) is 52.3 Å². The molecule has 1 aromatic carbocycles. The first-order valence-corrected chi connectivity index (χ1v) is 6.12. The van der Waals surface area contributed by atoms with E-state index >= 15 is 0 Å². The lowest BCUT2D eigenvalue weighted by molar-refractivity contribution is 0.0600. The van der Waals surface area contributed by atoms with Crippen LogP contribution in [0, 0.1) is 11.6 Å². The smallest absolute Gasteiger partial charge is 0.405 e. The van der Waals surface area contributed by atoms with Gasteiger partial charge >= 0.3 is 6.09 Å². The number of carbonyl (C=O) groups is 1. The molecule has 1 fully saturated rings. The average Bonchev–Trinajstić information content (AvgIpc) is 3.02. The van der Waals surface area contributed by atoms with Gasteiger partial charge in [-0.15, -0.1) is 0 Å². The molecule has 1 aliphatic carbocycles. The van der Waals surface area contributed by atoms with E-state index in [-0.39, 0.29) is 0 Å². The van der Waals surface area contributed by atoms with Crippen molar-refractivity contribution in [3.8, 4) is 0 Å². The highest BCUT2D eigenvalue weighted by Gasteiger charge is 2.24. The van der Waals surface area contributed by atoms with Gasteiger partial charge in [0.05, 0.1) is 0 Å². The second-order valence-electron chi connectivity index (χ2n) is 5.48. The minimum absolute atomic E-state index is 0.453. The van der Waals surface area contributed by atoms with Gasteiger partial charge in [-0.25, -0.2) is 13.6 Å². The van der Waals surface area contributed by atoms with Crippen LogP contribution in [0.5, 0.6) is 0 Å². The minimum atomic E-state index is -0.755. The highest BCUT2D eigenvalue weighted by atomic mass is 19.2. The van der Waals surface area contributed by atoms with E-state index < -0.39 is 23.3 Å². The summed E-state index contributed by atoms with van der Waals surface area (Å²) in [6.07, 6.45) is 1.51. The van der Waals surface area contributed by atoms with Crippen LogP contribution in [0.1, 0.15) is 45.1 Å². The normalized spacial score (nSPS) is 14.4. The van der Waals surface area contributed by atoms with Gasteiger partial charge in [0, 0.05) is 0 Å². The van der Waals surface area contributed by atoms with E-state index in [1.54, 1.807) is 26.8 Å². The van der Waals surface area contributed by atoms with Crippen molar-refractivity contribution in [1.29, 1.82) is 0 Å². The van der Waals surface area contributed by atoms with Crippen LogP contribution in [0.4, 0.5) is 13.6 Å². The number of hydrogen-bond acceptors (Lipinski definition) is 2. The average molecular weight is 271 g/mol. The molecule has 106 valence electrons. The van der Waals surface area contributed by atoms with Crippen molar-refractivity contribution in [2.24, 2.45) is 5.73 Å². The maximum Gasteiger partial charge on any atom is 0.405 e. The van der Waals surface area contributed by atoms with Crippen molar-refractivity contribution in [2.45, 2.75) is 45.1 Å². The molecule has 0 saturated heterocycles. The Bertz CT molecular complexity index is 451. The molecule has 0 aliphatic heterocycles. The van der Waals surface area contributed by atoms with Crippen molar-refractivity contribution < 1.29 is 18.3 Å². The van der Waals surface area contributed by atoms with Crippen LogP contribution < -0.4 is 5.73 Å². The summed E-state index contributed by atoms with van der Waals surface area (Å²) >= 11 is 0. The van der Waals surface area contributed by atoms with Crippen LogP contribution in [-0.2, 0) is 4.74 Å². The van der Waals surface area contributed by atoms with Gasteiger partial charge < -0.3 is 10.5 Å². The van der Waals surface area contributed by atoms with Crippen LogP contribution in [-0.4, -0.2) is 11.7 Å². The predicted molar refractivity (Wildman–Crippen MR) is 68.8 cm³/mol. The van der Waals surface area contributed by atoms with Crippen LogP contribution in [0.3, 0.4) is 0 Å². The van der Waals surface area contributed by atoms with Gasteiger partial charge in [0.1, 0.15) is 5.60 Å². The zero-order valence-electron chi connectivity index (χ0n) is 11.4. The van der Waals surface area contributed by atoms with Crippen LogP contribution >= 0.6 is 0 Å². The third-order valence-electron chi connectivity index (χ3n) is 2.40. The van der Waals surface area contributed by atoms with Gasteiger partial charge in [-0.05, 0) is 57.2 Å². The third kappa shape index (κ3) is 6.18. The molecule has 1 amide bonds. The molecule has 2 rings (SSSR count). The standard InChI is InChI=1S/C9H8F2.C5H11NO2/c10-8-4-3-7(5-9(8)11)6-1-2-6;1-5(2,3)8-4(6)7/h3-6H,1-2H2;1-3H3,(H2,6,7). The fraction of sp³-hybridized carbons (Fsp3) is 0.500. The number of benzene rings is 1. The fourth-order valence-electron chi connectivity index (χ4n) is 1.48. The summed E-state index contributed by atoms with van der Waals surface area (Å²) in [6, 6.07) is 4.16. The fourth-order valence-corrected chi connectivity index (χ4v) is 1.48. The van der Waals surface area contributed by atoms with Gasteiger partial charge in [-0.2, -0.15) is 0 Å². The summed E-state index contributed by atoms with van der Waals surface area (Å²) in [6.45, 7) is 5.28. The first kappa shape index (κ1) is 15.4. The molecule has 3 nitrogen and oxygen atoms in total. The molecular weight excluding hydrogens is 252 g/mol. The summed E-state index contributed by atoms with van der Waals surface area (Å²) in [4.78, 5) is 10.0. The van der Waals surface area contributed by atoms with Crippen molar-refractivity contribution in [2.75, 3.05) is 0 Å². The molecule has 0 radical (unpaired) electrons. The molecule has 1 aromatic rings. The Morgan fingerprint density at radius 2 is 1.84 bits per heavy atom. The lowest BCUT2D eigenvalue weighted by Crippen LogP contribution is -2.27. The minimum Gasteiger partial charge on any atom is -0.444 e. The number of nitrogens with two attached hydrogens (primary N) is 1.